The normalized spacial score (nSPS) is 10.7. The Balaban J connectivity index is 1.45. The van der Waals surface area contributed by atoms with Crippen LogP contribution in [0.15, 0.2) is 59.9 Å². The number of aromatic nitrogens is 4. The lowest BCUT2D eigenvalue weighted by molar-refractivity contribution is -0.605. The summed E-state index contributed by atoms with van der Waals surface area (Å²) in [7, 11) is 0. The fraction of sp³-hybridized carbons (Fsp3) is 0.364. The molecule has 0 saturated carbocycles. The van der Waals surface area contributed by atoms with Gasteiger partial charge in [-0.25, -0.2) is 9.97 Å². The Labute approximate surface area is 176 Å². The average molecular weight is 409 g/mol. The molecule has 0 aliphatic rings. The average Bonchev–Trinajstić information content (AvgIpc) is 2.76. The first-order chi connectivity index (χ1) is 14.7. The van der Waals surface area contributed by atoms with Crippen molar-refractivity contribution in [3.8, 4) is 0 Å². The minimum Gasteiger partial charge on any atom is -0.619 e. The number of hydrogen-bond acceptors (Lipinski definition) is 6. The maximum Gasteiger partial charge on any atom is 0.255 e. The number of rotatable bonds is 11. The molecule has 0 spiro atoms. The molecule has 0 radical (unpaired) electrons. The highest BCUT2D eigenvalue weighted by Crippen LogP contribution is 2.11. The van der Waals surface area contributed by atoms with Gasteiger partial charge >= 0.3 is 0 Å². The molecule has 3 heterocycles. The molecule has 0 atom stereocenters. The number of H-pyrrole nitrogens is 1. The smallest absolute Gasteiger partial charge is 0.255 e. The van der Waals surface area contributed by atoms with Crippen LogP contribution >= 0.6 is 0 Å². The number of nitrogens with one attached hydrogen (secondary N) is 2. The zero-order chi connectivity index (χ0) is 21.2. The Morgan fingerprint density at radius 3 is 2.67 bits per heavy atom. The molecule has 3 aromatic rings. The van der Waals surface area contributed by atoms with Crippen molar-refractivity contribution >= 4 is 11.8 Å². The summed E-state index contributed by atoms with van der Waals surface area (Å²) in [6.07, 6.45) is 9.73. The molecule has 0 aromatic carbocycles. The van der Waals surface area contributed by atoms with E-state index in [0.29, 0.717) is 17.9 Å². The lowest BCUT2D eigenvalue weighted by atomic mass is 10.1. The van der Waals surface area contributed by atoms with E-state index in [0.717, 1.165) is 55.0 Å². The summed E-state index contributed by atoms with van der Waals surface area (Å²) in [5.74, 6) is 1.49. The molecule has 8 heteroatoms. The fourth-order valence-electron chi connectivity index (χ4n) is 3.20. The summed E-state index contributed by atoms with van der Waals surface area (Å²) in [6.45, 7) is 4.82. The molecule has 2 N–H and O–H groups in total. The maximum atomic E-state index is 12.3. The zero-order valence-corrected chi connectivity index (χ0v) is 17.3. The molecule has 3 rings (SSSR count). The molecule has 3 aromatic heterocycles. The monoisotopic (exact) mass is 408 g/mol. The number of pyridine rings is 2. The third kappa shape index (κ3) is 6.30. The third-order valence-electron chi connectivity index (χ3n) is 4.75. The van der Waals surface area contributed by atoms with E-state index in [9.17, 15) is 10.0 Å². The van der Waals surface area contributed by atoms with Crippen LogP contribution in [0.3, 0.4) is 0 Å². The highest BCUT2D eigenvalue weighted by Gasteiger charge is 2.07. The van der Waals surface area contributed by atoms with E-state index in [-0.39, 0.29) is 5.56 Å². The van der Waals surface area contributed by atoms with Gasteiger partial charge in [-0.05, 0) is 37.0 Å². The van der Waals surface area contributed by atoms with Crippen molar-refractivity contribution in [2.75, 3.05) is 29.9 Å². The van der Waals surface area contributed by atoms with Crippen molar-refractivity contribution in [2.45, 2.75) is 32.6 Å². The minimum atomic E-state index is -0.171. The van der Waals surface area contributed by atoms with Crippen LogP contribution in [-0.2, 0) is 6.42 Å². The van der Waals surface area contributed by atoms with Crippen molar-refractivity contribution in [3.05, 3.63) is 81.8 Å². The van der Waals surface area contributed by atoms with Gasteiger partial charge in [-0.2, -0.15) is 4.73 Å². The summed E-state index contributed by atoms with van der Waals surface area (Å²) in [5, 5.41) is 14.3. The quantitative estimate of drug-likeness (QED) is 0.287. The lowest BCUT2D eigenvalue weighted by Gasteiger charge is -2.23. The molecule has 0 bridgehead atoms. The van der Waals surface area contributed by atoms with Crippen LogP contribution in [0, 0.1) is 5.21 Å². The second-order valence-electron chi connectivity index (χ2n) is 7.14. The van der Waals surface area contributed by atoms with E-state index in [1.165, 1.54) is 12.4 Å². The van der Waals surface area contributed by atoms with Crippen LogP contribution in [0.5, 0.6) is 0 Å². The van der Waals surface area contributed by atoms with Crippen molar-refractivity contribution in [2.24, 2.45) is 0 Å². The predicted molar refractivity (Wildman–Crippen MR) is 118 cm³/mol. The Hall–Kier alpha value is -3.42. The van der Waals surface area contributed by atoms with E-state index in [2.05, 4.69) is 32.1 Å². The van der Waals surface area contributed by atoms with E-state index >= 15 is 0 Å². The molecule has 158 valence electrons. The van der Waals surface area contributed by atoms with Crippen molar-refractivity contribution in [1.82, 2.24) is 15.0 Å². The van der Waals surface area contributed by atoms with Gasteiger partial charge in [0.25, 0.3) is 5.56 Å². The molecular formula is C22H28N6O2. The molecule has 30 heavy (non-hydrogen) atoms. The van der Waals surface area contributed by atoms with Crippen LogP contribution in [0.4, 0.5) is 11.8 Å². The minimum absolute atomic E-state index is 0.171. The van der Waals surface area contributed by atoms with Gasteiger partial charge in [0.15, 0.2) is 12.4 Å². The van der Waals surface area contributed by atoms with Crippen LogP contribution in [-0.4, -0.2) is 34.6 Å². The molecule has 0 saturated heterocycles. The van der Waals surface area contributed by atoms with Crippen molar-refractivity contribution in [1.29, 1.82) is 0 Å². The van der Waals surface area contributed by atoms with Gasteiger partial charge in [-0.15, -0.1) is 0 Å². The standard InChI is InChI=1S/C22H28N6O2/c1-2-12-27(20-7-3-4-10-23-20)13-6-5-11-24-22-25-17-19(21(29)26-22)16-18-8-14-28(30)15-9-18/h3-4,7-10,14-15,17H,2,5-6,11-13,16H2,1H3,(H2,24,25,26,29). The van der Waals surface area contributed by atoms with Gasteiger partial charge in [-0.3, -0.25) is 9.78 Å². The highest BCUT2D eigenvalue weighted by atomic mass is 16.5. The molecule has 0 unspecified atom stereocenters. The lowest BCUT2D eigenvalue weighted by Crippen LogP contribution is -2.26. The second kappa shape index (κ2) is 10.9. The van der Waals surface area contributed by atoms with Gasteiger partial charge in [0.1, 0.15) is 5.82 Å². The first-order valence-electron chi connectivity index (χ1n) is 10.3. The Morgan fingerprint density at radius 1 is 1.13 bits per heavy atom. The van der Waals surface area contributed by atoms with Gasteiger partial charge in [0.05, 0.1) is 0 Å². The number of aromatic amines is 1. The molecule has 0 aliphatic heterocycles. The molecule has 0 fully saturated rings. The van der Waals surface area contributed by atoms with Gasteiger partial charge in [-0.1, -0.05) is 13.0 Å². The highest BCUT2D eigenvalue weighted by molar-refractivity contribution is 5.37. The van der Waals surface area contributed by atoms with E-state index in [4.69, 9.17) is 0 Å². The second-order valence-corrected chi connectivity index (χ2v) is 7.14. The van der Waals surface area contributed by atoms with Crippen LogP contribution in [0.2, 0.25) is 0 Å². The van der Waals surface area contributed by atoms with E-state index < -0.39 is 0 Å². The van der Waals surface area contributed by atoms with Gasteiger partial charge in [0, 0.05) is 56.1 Å². The Morgan fingerprint density at radius 2 is 1.97 bits per heavy atom. The largest absolute Gasteiger partial charge is 0.619 e. The first-order valence-corrected chi connectivity index (χ1v) is 10.3. The number of hydrogen-bond donors (Lipinski definition) is 2. The Kier molecular flexibility index (Phi) is 7.77. The van der Waals surface area contributed by atoms with Crippen LogP contribution in [0.1, 0.15) is 37.3 Å². The third-order valence-corrected chi connectivity index (χ3v) is 4.75. The van der Waals surface area contributed by atoms with Crippen molar-refractivity contribution < 1.29 is 4.73 Å². The topological polar surface area (TPSA) is 101 Å². The summed E-state index contributed by atoms with van der Waals surface area (Å²) >= 11 is 0. The fourth-order valence-corrected chi connectivity index (χ4v) is 3.20. The van der Waals surface area contributed by atoms with Crippen LogP contribution in [0.25, 0.3) is 0 Å². The maximum absolute atomic E-state index is 12.3. The summed E-state index contributed by atoms with van der Waals surface area (Å²) in [4.78, 5) is 26.1. The predicted octanol–water partition coefficient (Wildman–Crippen LogP) is 2.50. The summed E-state index contributed by atoms with van der Waals surface area (Å²) in [6, 6.07) is 9.38. The van der Waals surface area contributed by atoms with E-state index in [1.54, 1.807) is 18.3 Å². The van der Waals surface area contributed by atoms with Crippen molar-refractivity contribution in [3.63, 3.8) is 0 Å². The number of nitrogens with zero attached hydrogens (tertiary/aromatic N) is 4. The van der Waals surface area contributed by atoms with Gasteiger partial charge in [0.2, 0.25) is 5.95 Å². The Bertz CT molecular complexity index is 959. The molecule has 0 amide bonds. The SMILES string of the molecule is CCCN(CCCCNc1ncc(Cc2cc[n+]([O-])cc2)c(=O)[nH]1)c1ccccn1. The zero-order valence-electron chi connectivity index (χ0n) is 17.3. The number of anilines is 2. The molecule has 0 aliphatic carbocycles. The summed E-state index contributed by atoms with van der Waals surface area (Å²) in [5.41, 5.74) is 1.28. The molecule has 8 nitrogen and oxygen atoms in total. The van der Waals surface area contributed by atoms with Crippen LogP contribution < -0.4 is 20.5 Å². The van der Waals surface area contributed by atoms with E-state index in [1.807, 2.05) is 24.4 Å². The number of unbranched alkanes of at least 4 members (excludes halogenated alkanes) is 1. The van der Waals surface area contributed by atoms with Gasteiger partial charge < -0.3 is 15.4 Å². The first kappa shape index (κ1) is 21.3. The molecular weight excluding hydrogens is 380 g/mol. The summed E-state index contributed by atoms with van der Waals surface area (Å²) < 4.78 is 0.719.